The van der Waals surface area contributed by atoms with E-state index in [9.17, 15) is 0 Å². The summed E-state index contributed by atoms with van der Waals surface area (Å²) in [7, 11) is 0. The summed E-state index contributed by atoms with van der Waals surface area (Å²) < 4.78 is 21.0. The Morgan fingerprint density at radius 2 is 1.22 bits per heavy atom. The van der Waals surface area contributed by atoms with E-state index in [1.165, 1.54) is 105 Å². The molecule has 536 valence electrons. The van der Waals surface area contributed by atoms with E-state index >= 15 is 0 Å². The van der Waals surface area contributed by atoms with Crippen molar-refractivity contribution in [2.75, 3.05) is 6.54 Å². The molecule has 4 aliphatic carbocycles. The van der Waals surface area contributed by atoms with Gasteiger partial charge in [-0.3, -0.25) is 5.43 Å². The zero-order valence-corrected chi connectivity index (χ0v) is 63.7. The first-order chi connectivity index (χ1) is 50.8. The maximum absolute atomic E-state index is 6.76. The molecule has 0 radical (unpaired) electrons. The molecule has 0 saturated carbocycles. The average Bonchev–Trinajstić information content (AvgIpc) is 1.55. The monoisotopic (exact) mass is 1390 g/mol. The van der Waals surface area contributed by atoms with Crippen molar-refractivity contribution in [3.8, 4) is 11.1 Å². The zero-order valence-electron chi connectivity index (χ0n) is 63.7. The van der Waals surface area contributed by atoms with Gasteiger partial charge in [-0.05, 0) is 230 Å². The first-order valence-corrected chi connectivity index (χ1v) is 39.6. The fourth-order valence-corrected chi connectivity index (χ4v) is 18.6. The number of hydrazone groups is 1. The number of aromatic nitrogens is 3. The summed E-state index contributed by atoms with van der Waals surface area (Å²) >= 11 is 0. The highest BCUT2D eigenvalue weighted by molar-refractivity contribution is 6.11. The molecule has 9 nitrogen and oxygen atoms in total. The van der Waals surface area contributed by atoms with Crippen LogP contribution in [-0.4, -0.2) is 42.3 Å². The molecule has 0 amide bonds. The van der Waals surface area contributed by atoms with E-state index in [0.717, 1.165) is 118 Å². The van der Waals surface area contributed by atoms with Crippen molar-refractivity contribution in [1.29, 1.82) is 0 Å². The summed E-state index contributed by atoms with van der Waals surface area (Å²) in [6, 6.07) is 55.2. The Balaban J connectivity index is 0.496. The van der Waals surface area contributed by atoms with Crippen molar-refractivity contribution in [3.63, 3.8) is 0 Å². The van der Waals surface area contributed by atoms with Crippen LogP contribution in [0.2, 0.25) is 0 Å². The quantitative estimate of drug-likeness (QED) is 0.0707. The molecule has 7 aliphatic rings. The van der Waals surface area contributed by atoms with Crippen molar-refractivity contribution >= 4 is 77.8 Å². The van der Waals surface area contributed by atoms with Crippen LogP contribution in [-0.2, 0) is 48.4 Å². The maximum Gasteiger partial charge on any atom is 0.240 e. The van der Waals surface area contributed by atoms with Crippen LogP contribution in [0.3, 0.4) is 0 Å². The minimum absolute atomic E-state index is 0.0398. The molecule has 6 unspecified atom stereocenters. The number of rotatable bonds is 22. The van der Waals surface area contributed by atoms with Gasteiger partial charge in [-0.25, -0.2) is 0 Å². The van der Waals surface area contributed by atoms with Crippen molar-refractivity contribution in [3.05, 3.63) is 268 Å². The van der Waals surface area contributed by atoms with E-state index in [1.807, 2.05) is 6.20 Å². The molecule has 0 fully saturated rings. The van der Waals surface area contributed by atoms with Crippen LogP contribution in [0.25, 0.3) is 83.0 Å². The van der Waals surface area contributed by atoms with Crippen molar-refractivity contribution in [1.82, 2.24) is 29.3 Å². The zero-order chi connectivity index (χ0) is 72.0. The van der Waals surface area contributed by atoms with E-state index in [4.69, 9.17) is 14.6 Å². The normalized spacial score (nSPS) is 22.6. The molecule has 7 aromatic carbocycles. The Morgan fingerprint density at radius 3 is 1.96 bits per heavy atom. The highest BCUT2D eigenvalue weighted by Gasteiger charge is 2.49. The molecule has 6 heterocycles. The van der Waals surface area contributed by atoms with Gasteiger partial charge in [0.05, 0.1) is 5.54 Å². The minimum Gasteiger partial charge on any atom is -0.464 e. The molecule has 10 aromatic rings. The van der Waals surface area contributed by atoms with Crippen molar-refractivity contribution in [2.45, 2.75) is 177 Å². The summed E-state index contributed by atoms with van der Waals surface area (Å²) in [5.74, 6) is 4.45. The molecule has 3 aliphatic heterocycles. The van der Waals surface area contributed by atoms with Crippen LogP contribution in [0.5, 0.6) is 0 Å². The van der Waals surface area contributed by atoms with E-state index in [1.54, 1.807) is 5.57 Å². The van der Waals surface area contributed by atoms with Gasteiger partial charge in [0, 0.05) is 133 Å². The van der Waals surface area contributed by atoms with Gasteiger partial charge in [0.2, 0.25) is 11.6 Å². The lowest BCUT2D eigenvalue weighted by molar-refractivity contribution is 0.112. The number of nitrogens with zero attached hydrogens (tertiary/aromatic N) is 5. The summed E-state index contributed by atoms with van der Waals surface area (Å²) in [5, 5.41) is 15.1. The third-order valence-electron chi connectivity index (χ3n) is 24.0. The Morgan fingerprint density at radius 1 is 0.571 bits per heavy atom. The number of aryl methyl sites for hydroxylation is 3. The Labute approximate surface area is 622 Å². The van der Waals surface area contributed by atoms with Gasteiger partial charge in [0.25, 0.3) is 0 Å². The molecule has 9 heteroatoms. The van der Waals surface area contributed by atoms with E-state index < -0.39 is 5.72 Å². The first-order valence-electron chi connectivity index (χ1n) is 39.6. The second-order valence-corrected chi connectivity index (χ2v) is 34.0. The molecule has 6 atom stereocenters. The molecular formula is C96H105N7O2. The van der Waals surface area contributed by atoms with Crippen molar-refractivity contribution < 1.29 is 9.47 Å². The number of ether oxygens (including phenoxy) is 2. The Bertz CT molecular complexity index is 5370. The number of hydrogen-bond donors (Lipinski definition) is 2. The second-order valence-electron chi connectivity index (χ2n) is 34.0. The number of allylic oxidation sites excluding steroid dienone is 7. The van der Waals surface area contributed by atoms with Crippen LogP contribution in [0.15, 0.2) is 228 Å². The van der Waals surface area contributed by atoms with Gasteiger partial charge in [-0.2, -0.15) is 0 Å². The van der Waals surface area contributed by atoms with Crippen LogP contribution >= 0.6 is 0 Å². The van der Waals surface area contributed by atoms with Crippen LogP contribution in [0.1, 0.15) is 172 Å². The standard InChI is InChI=1S/C96H105N7O2/c1-61(2)57-100-84-26-14-12-24-76(84)79-52-69(34-39-87(79)100)70-35-41-89-81(54-70)78-49-67(30-37-86(78)102(89)59-63(5)6)21-18-45-94(9)46-43-75(44-47-94)96(11)99-98-93(105-96)74-23-17-22-73(51-74)91-56-97-92(104-91)68-32-28-65(29-33-68)19-16-20-66-31-38-90-82(50-66)83-55-72(42-48-95(83,10)103(90)60-64(7)8)71-36-40-88-80(53-71)77-25-13-15-27-85(77)101(88)58-62(3)4/h13-15,17,22-23,25-44,46,48-49,51-56,61-64,66,83,92,97,99H,12,16,18-21,24,45,47,50,57-60H2,1-11H3. The van der Waals surface area contributed by atoms with Crippen LogP contribution < -0.4 is 10.7 Å². The van der Waals surface area contributed by atoms with E-state index in [0.29, 0.717) is 41.4 Å². The summed E-state index contributed by atoms with van der Waals surface area (Å²) in [5.41, 5.74) is 27.3. The minimum atomic E-state index is -0.786. The molecular weight excluding hydrogens is 1280 g/mol. The third-order valence-corrected chi connectivity index (χ3v) is 24.0. The van der Waals surface area contributed by atoms with Gasteiger partial charge in [0.15, 0.2) is 6.23 Å². The van der Waals surface area contributed by atoms with Gasteiger partial charge in [-0.1, -0.05) is 190 Å². The number of hydrogen-bond acceptors (Lipinski definition) is 6. The molecule has 0 bridgehead atoms. The maximum atomic E-state index is 6.76. The number of para-hydroxylation sites is 1. The van der Waals surface area contributed by atoms with Gasteiger partial charge >= 0.3 is 0 Å². The molecule has 0 saturated heterocycles. The van der Waals surface area contributed by atoms with Gasteiger partial charge in [-0.15, -0.1) is 5.10 Å². The highest BCUT2D eigenvalue weighted by Crippen LogP contribution is 2.53. The summed E-state index contributed by atoms with van der Waals surface area (Å²) in [6.45, 7) is 29.7. The predicted octanol–water partition coefficient (Wildman–Crippen LogP) is 23.1. The molecule has 17 rings (SSSR count). The van der Waals surface area contributed by atoms with E-state index in [-0.39, 0.29) is 17.2 Å². The third kappa shape index (κ3) is 12.8. The molecule has 2 N–H and O–H groups in total. The average molecular weight is 1390 g/mol. The SMILES string of the molecule is CC(C)CN1C2=C(CC(CCCc3ccc(C4NC=C(c5cccc(C6=NNC(C)(C7=CCC(C)(CCCc8ccc9c(c8)c8cc(-c%10ccc%11c(c%10)c%10c(n%11CC(C)C)C=CCC%10)ccc8n9CC(C)C)C=C7)O6)c5)O4)cc3)C=C2)C2C=C(c3ccc4c(c3)c3ccccc3n4CC(C)C)C=CC21C. The Hall–Kier alpha value is -9.73. The van der Waals surface area contributed by atoms with Crippen molar-refractivity contribution in [2.24, 2.45) is 46.0 Å². The lowest BCUT2D eigenvalue weighted by Crippen LogP contribution is -2.46. The molecule has 0 spiro atoms. The highest BCUT2D eigenvalue weighted by atomic mass is 16.5. The van der Waals surface area contributed by atoms with Gasteiger partial charge < -0.3 is 33.4 Å². The van der Waals surface area contributed by atoms with Crippen LogP contribution in [0, 0.1) is 40.9 Å². The molecule has 105 heavy (non-hydrogen) atoms. The van der Waals surface area contributed by atoms with Gasteiger partial charge in [0.1, 0.15) is 5.76 Å². The first kappa shape index (κ1) is 68.4. The molecule has 3 aromatic heterocycles. The summed E-state index contributed by atoms with van der Waals surface area (Å²) in [4.78, 5) is 2.73. The van der Waals surface area contributed by atoms with E-state index in [2.05, 4.69) is 312 Å². The number of nitrogens with one attached hydrogen (secondary N) is 2. The Kier molecular flexibility index (Phi) is 17.8. The smallest absolute Gasteiger partial charge is 0.240 e. The predicted molar refractivity (Wildman–Crippen MR) is 439 cm³/mol. The number of benzene rings is 7. The lowest BCUT2D eigenvalue weighted by atomic mass is 9.74. The van der Waals surface area contributed by atoms with Crippen LogP contribution in [0.4, 0.5) is 0 Å². The number of fused-ring (bicyclic) bond motifs is 11. The fourth-order valence-electron chi connectivity index (χ4n) is 18.6. The largest absolute Gasteiger partial charge is 0.464 e. The fraction of sp³-hybridized carbons (Fsp3) is 0.365. The second kappa shape index (κ2) is 27.3. The topological polar surface area (TPSA) is 72.9 Å². The lowest BCUT2D eigenvalue weighted by Gasteiger charge is -2.42. The summed E-state index contributed by atoms with van der Waals surface area (Å²) in [6.07, 6.45) is 36.9.